The summed E-state index contributed by atoms with van der Waals surface area (Å²) in [6.07, 6.45) is 2.24. The Balaban J connectivity index is 1.62. The Morgan fingerprint density at radius 3 is 2.57 bits per heavy atom. The predicted octanol–water partition coefficient (Wildman–Crippen LogP) is 2.35. The van der Waals surface area contributed by atoms with Crippen LogP contribution in [-0.4, -0.2) is 65.2 Å². The number of hydrogen-bond donors (Lipinski definition) is 2. The van der Waals surface area contributed by atoms with Crippen molar-refractivity contribution in [2.24, 2.45) is 0 Å². The van der Waals surface area contributed by atoms with Crippen LogP contribution in [0.1, 0.15) is 48.9 Å². The summed E-state index contributed by atoms with van der Waals surface area (Å²) in [6, 6.07) is 8.77. The van der Waals surface area contributed by atoms with Crippen LogP contribution in [0.15, 0.2) is 43.0 Å². The first kappa shape index (κ1) is 21.5. The third kappa shape index (κ3) is 4.18. The highest BCUT2D eigenvalue weighted by molar-refractivity contribution is 5.89. The Labute approximate surface area is 176 Å². The summed E-state index contributed by atoms with van der Waals surface area (Å²) in [7, 11) is 0. The molecule has 164 valence electrons. The van der Waals surface area contributed by atoms with Crippen molar-refractivity contribution in [2.45, 2.75) is 80.9 Å². The smallest absolute Gasteiger partial charge is 0.338 e. The van der Waals surface area contributed by atoms with Gasteiger partial charge in [-0.2, -0.15) is 0 Å². The van der Waals surface area contributed by atoms with Gasteiger partial charge in [0.15, 0.2) is 11.9 Å². The van der Waals surface area contributed by atoms with E-state index in [2.05, 4.69) is 6.58 Å². The van der Waals surface area contributed by atoms with E-state index in [1.807, 2.05) is 6.07 Å². The molecule has 2 N–H and O–H groups in total. The second-order valence-electron chi connectivity index (χ2n) is 8.29. The first-order valence-corrected chi connectivity index (χ1v) is 10.7. The Hall–Kier alpha value is -1.77. The van der Waals surface area contributed by atoms with Crippen molar-refractivity contribution in [1.82, 2.24) is 0 Å². The van der Waals surface area contributed by atoms with Gasteiger partial charge in [-0.1, -0.05) is 30.7 Å². The van der Waals surface area contributed by atoms with Crippen molar-refractivity contribution < 1.29 is 34.0 Å². The third-order valence-corrected chi connectivity index (χ3v) is 6.20. The second-order valence-corrected chi connectivity index (χ2v) is 8.29. The zero-order valence-electron chi connectivity index (χ0n) is 17.0. The molecule has 0 amide bonds. The monoisotopic (exact) mass is 418 g/mol. The van der Waals surface area contributed by atoms with Crippen molar-refractivity contribution in [2.75, 3.05) is 6.61 Å². The number of carbonyl (C=O) groups is 1. The van der Waals surface area contributed by atoms with Gasteiger partial charge in [0, 0.05) is 12.8 Å². The molecule has 0 radical (unpaired) electrons. The van der Waals surface area contributed by atoms with Crippen molar-refractivity contribution in [3.05, 3.63) is 48.6 Å². The Kier molecular flexibility index (Phi) is 6.55. The van der Waals surface area contributed by atoms with Gasteiger partial charge in [-0.25, -0.2) is 4.79 Å². The summed E-state index contributed by atoms with van der Waals surface area (Å²) >= 11 is 0. The maximum atomic E-state index is 12.8. The number of hydrogen-bond acceptors (Lipinski definition) is 7. The highest BCUT2D eigenvalue weighted by atomic mass is 16.8. The lowest BCUT2D eigenvalue weighted by Crippen LogP contribution is -2.61. The summed E-state index contributed by atoms with van der Waals surface area (Å²) < 4.78 is 24.8. The van der Waals surface area contributed by atoms with E-state index in [0.717, 1.165) is 32.1 Å². The molecule has 6 atom stereocenters. The lowest BCUT2D eigenvalue weighted by molar-refractivity contribution is -0.217. The van der Waals surface area contributed by atoms with Gasteiger partial charge < -0.3 is 29.2 Å². The molecule has 4 rings (SSSR count). The van der Waals surface area contributed by atoms with Gasteiger partial charge in [0.2, 0.25) is 0 Å². The molecular formula is C23H30O7. The molecule has 1 saturated carbocycles. The number of aliphatic hydroxyl groups excluding tert-OH is 2. The van der Waals surface area contributed by atoms with E-state index < -0.39 is 55.0 Å². The minimum atomic E-state index is -1.13. The van der Waals surface area contributed by atoms with Crippen molar-refractivity contribution >= 4 is 5.97 Å². The Morgan fingerprint density at radius 1 is 1.20 bits per heavy atom. The molecular weight excluding hydrogens is 388 g/mol. The average molecular weight is 418 g/mol. The highest BCUT2D eigenvalue weighted by Crippen LogP contribution is 2.46. The molecule has 3 aliphatic rings. The summed E-state index contributed by atoms with van der Waals surface area (Å²) in [5.74, 6) is -1.23. The topological polar surface area (TPSA) is 94.5 Å². The molecule has 1 unspecified atom stereocenters. The Morgan fingerprint density at radius 2 is 1.90 bits per heavy atom. The first-order valence-electron chi connectivity index (χ1n) is 10.7. The summed E-state index contributed by atoms with van der Waals surface area (Å²) in [4.78, 5) is 12.8. The zero-order chi connectivity index (χ0) is 21.1. The van der Waals surface area contributed by atoms with Gasteiger partial charge >= 0.3 is 5.97 Å². The summed E-state index contributed by atoms with van der Waals surface area (Å²) in [6.45, 7) is 3.32. The molecule has 3 fully saturated rings. The fourth-order valence-electron chi connectivity index (χ4n) is 4.74. The van der Waals surface area contributed by atoms with Crippen LogP contribution in [0.3, 0.4) is 0 Å². The Bertz CT molecular complexity index is 730. The SMILES string of the molecule is C=CC[C@@H]1O[C@@H]([C@H](O)CO)[C@H]2OC3(CCCCC3)OC2[C@H]1OC(=O)c1ccccc1. The number of ether oxygens (including phenoxy) is 4. The van der Waals surface area contributed by atoms with Crippen LogP contribution < -0.4 is 0 Å². The molecule has 0 bridgehead atoms. The van der Waals surface area contributed by atoms with E-state index in [0.29, 0.717) is 12.0 Å². The van der Waals surface area contributed by atoms with Crippen LogP contribution in [0.4, 0.5) is 0 Å². The minimum absolute atomic E-state index is 0.404. The van der Waals surface area contributed by atoms with E-state index in [1.54, 1.807) is 30.3 Å². The highest BCUT2D eigenvalue weighted by Gasteiger charge is 2.60. The van der Waals surface area contributed by atoms with Gasteiger partial charge in [-0.3, -0.25) is 0 Å². The maximum Gasteiger partial charge on any atom is 0.338 e. The molecule has 1 spiro atoms. The molecule has 7 nitrogen and oxygen atoms in total. The van der Waals surface area contributed by atoms with Gasteiger partial charge in [-0.15, -0.1) is 6.58 Å². The molecule has 1 aliphatic carbocycles. The molecule has 30 heavy (non-hydrogen) atoms. The fourth-order valence-corrected chi connectivity index (χ4v) is 4.74. The number of esters is 1. The van der Waals surface area contributed by atoms with E-state index in [1.165, 1.54) is 0 Å². The van der Waals surface area contributed by atoms with Gasteiger partial charge in [0.25, 0.3) is 0 Å². The molecule has 7 heteroatoms. The molecule has 0 aromatic heterocycles. The molecule has 2 saturated heterocycles. The van der Waals surface area contributed by atoms with Gasteiger partial charge in [0.1, 0.15) is 30.5 Å². The number of rotatable bonds is 6. The van der Waals surface area contributed by atoms with Gasteiger partial charge in [0.05, 0.1) is 12.2 Å². The third-order valence-electron chi connectivity index (χ3n) is 6.20. The van der Waals surface area contributed by atoms with E-state index in [-0.39, 0.29) is 0 Å². The first-order chi connectivity index (χ1) is 14.6. The molecule has 1 aromatic rings. The molecule has 1 aromatic carbocycles. The lowest BCUT2D eigenvalue weighted by atomic mass is 9.91. The molecule has 2 heterocycles. The summed E-state index contributed by atoms with van der Waals surface area (Å²) in [5.41, 5.74) is 0.440. The summed E-state index contributed by atoms with van der Waals surface area (Å²) in [5, 5.41) is 20.0. The fraction of sp³-hybridized carbons (Fsp3) is 0.609. The average Bonchev–Trinajstić information content (AvgIpc) is 3.14. The largest absolute Gasteiger partial charge is 0.453 e. The van der Waals surface area contributed by atoms with Crippen LogP contribution in [0, 0.1) is 0 Å². The zero-order valence-corrected chi connectivity index (χ0v) is 17.0. The normalized spacial score (nSPS) is 33.6. The van der Waals surface area contributed by atoms with E-state index in [9.17, 15) is 15.0 Å². The lowest BCUT2D eigenvalue weighted by Gasteiger charge is -2.42. The minimum Gasteiger partial charge on any atom is -0.453 e. The number of fused-ring (bicyclic) bond motifs is 1. The van der Waals surface area contributed by atoms with Crippen LogP contribution in [0.5, 0.6) is 0 Å². The predicted molar refractivity (Wildman–Crippen MR) is 108 cm³/mol. The van der Waals surface area contributed by atoms with Crippen LogP contribution in [0.25, 0.3) is 0 Å². The number of aliphatic hydroxyl groups is 2. The number of carbonyl (C=O) groups excluding carboxylic acids is 1. The second kappa shape index (κ2) is 9.16. The van der Waals surface area contributed by atoms with Crippen LogP contribution in [0.2, 0.25) is 0 Å². The quantitative estimate of drug-likeness (QED) is 0.541. The van der Waals surface area contributed by atoms with Crippen molar-refractivity contribution in [1.29, 1.82) is 0 Å². The van der Waals surface area contributed by atoms with Crippen LogP contribution >= 0.6 is 0 Å². The standard InChI is InChI=1S/C23H30O7/c1-2-9-17-19(28-22(26)15-10-5-3-6-11-15)21-20(18(27-17)16(25)14-24)29-23(30-21)12-7-4-8-13-23/h2-3,5-6,10-11,16-21,24-25H,1,4,7-9,12-14H2/t16-,17+,18+,19+,20-,21?/m1/s1. The van der Waals surface area contributed by atoms with E-state index in [4.69, 9.17) is 18.9 Å². The van der Waals surface area contributed by atoms with Gasteiger partial charge in [-0.05, 0) is 31.4 Å². The van der Waals surface area contributed by atoms with E-state index >= 15 is 0 Å². The molecule has 2 aliphatic heterocycles. The number of benzene rings is 1. The van der Waals surface area contributed by atoms with Crippen molar-refractivity contribution in [3.8, 4) is 0 Å². The van der Waals surface area contributed by atoms with Crippen LogP contribution in [-0.2, 0) is 18.9 Å². The maximum absolute atomic E-state index is 12.8. The van der Waals surface area contributed by atoms with Crippen molar-refractivity contribution in [3.63, 3.8) is 0 Å².